The van der Waals surface area contributed by atoms with Gasteiger partial charge < -0.3 is 9.64 Å². The van der Waals surface area contributed by atoms with Gasteiger partial charge >= 0.3 is 0 Å². The highest BCUT2D eigenvalue weighted by atomic mass is 32.2. The highest BCUT2D eigenvalue weighted by Crippen LogP contribution is 2.27. The predicted molar refractivity (Wildman–Crippen MR) is 103 cm³/mol. The van der Waals surface area contributed by atoms with E-state index >= 15 is 0 Å². The van der Waals surface area contributed by atoms with Gasteiger partial charge in [-0.05, 0) is 12.1 Å². The highest BCUT2D eigenvalue weighted by molar-refractivity contribution is 7.86. The maximum Gasteiger partial charge on any atom is 0.281 e. The zero-order valence-corrected chi connectivity index (χ0v) is 16.7. The Hall–Kier alpha value is -2.07. The van der Waals surface area contributed by atoms with Crippen LogP contribution < -0.4 is 0 Å². The number of ether oxygens (including phenoxy) is 1. The highest BCUT2D eigenvalue weighted by Gasteiger charge is 2.33. The number of pyridine rings is 1. The van der Waals surface area contributed by atoms with Crippen LogP contribution in [-0.4, -0.2) is 80.7 Å². The van der Waals surface area contributed by atoms with Gasteiger partial charge in [0.1, 0.15) is 6.10 Å². The molecule has 0 radical (unpaired) electrons. The minimum Gasteiger partial charge on any atom is -0.369 e. The Morgan fingerprint density at radius 3 is 2.59 bits per heavy atom. The van der Waals surface area contributed by atoms with E-state index in [-0.39, 0.29) is 25.6 Å². The Balaban J connectivity index is 2.03. The van der Waals surface area contributed by atoms with E-state index in [4.69, 9.17) is 4.74 Å². The third-order valence-corrected chi connectivity index (χ3v) is 6.43. The van der Waals surface area contributed by atoms with Crippen molar-refractivity contribution in [1.29, 1.82) is 0 Å². The van der Waals surface area contributed by atoms with Crippen molar-refractivity contribution in [3.8, 4) is 0 Å². The molecular formula is C18H24N4O4S. The summed E-state index contributed by atoms with van der Waals surface area (Å²) in [5.41, 5.74) is 1.76. The Morgan fingerprint density at radius 2 is 1.93 bits per heavy atom. The van der Waals surface area contributed by atoms with Crippen molar-refractivity contribution in [3.63, 3.8) is 0 Å². The van der Waals surface area contributed by atoms with Crippen LogP contribution in [0.1, 0.15) is 22.2 Å². The fraction of sp³-hybridized carbons (Fsp3) is 0.444. The van der Waals surface area contributed by atoms with Crippen LogP contribution in [0, 0.1) is 0 Å². The molecule has 2 heterocycles. The molecule has 27 heavy (non-hydrogen) atoms. The maximum atomic E-state index is 12.7. The maximum absolute atomic E-state index is 12.7. The van der Waals surface area contributed by atoms with Gasteiger partial charge in [-0.2, -0.15) is 17.0 Å². The lowest BCUT2D eigenvalue weighted by atomic mass is 10.0. The van der Waals surface area contributed by atoms with E-state index in [1.807, 2.05) is 24.3 Å². The van der Waals surface area contributed by atoms with Gasteiger partial charge in [-0.3, -0.25) is 4.79 Å². The van der Waals surface area contributed by atoms with Gasteiger partial charge in [-0.15, -0.1) is 0 Å². The zero-order valence-electron chi connectivity index (χ0n) is 15.9. The smallest absolute Gasteiger partial charge is 0.281 e. The number of rotatable bonds is 4. The molecule has 1 fully saturated rings. The average molecular weight is 392 g/mol. The van der Waals surface area contributed by atoms with E-state index < -0.39 is 16.3 Å². The quantitative estimate of drug-likeness (QED) is 0.779. The van der Waals surface area contributed by atoms with Crippen molar-refractivity contribution < 1.29 is 17.9 Å². The predicted octanol–water partition coefficient (Wildman–Crippen LogP) is 1.12. The summed E-state index contributed by atoms with van der Waals surface area (Å²) in [6, 6.07) is 9.11. The van der Waals surface area contributed by atoms with Crippen LogP contribution in [0.4, 0.5) is 0 Å². The standard InChI is InChI=1S/C18H24N4O4S/c1-20(2)18(23)14-11-16(19-15-8-6-5-7-13(14)15)17-12-22(9-10-26-17)27(24,25)21(3)4/h5-8,11,17H,9-10,12H2,1-4H3/t17-/m1/s1. The lowest BCUT2D eigenvalue weighted by Gasteiger charge is -2.33. The Labute approximate surface area is 159 Å². The number of morpholine rings is 1. The van der Waals surface area contributed by atoms with Gasteiger partial charge in [0.25, 0.3) is 16.1 Å². The molecule has 1 aromatic heterocycles. The second-order valence-corrected chi connectivity index (χ2v) is 8.96. The van der Waals surface area contributed by atoms with Gasteiger partial charge in [0.15, 0.2) is 0 Å². The number of fused-ring (bicyclic) bond motifs is 1. The molecule has 1 aromatic carbocycles. The summed E-state index contributed by atoms with van der Waals surface area (Å²) < 4.78 is 33.3. The minimum atomic E-state index is -3.54. The summed E-state index contributed by atoms with van der Waals surface area (Å²) in [5, 5.41) is 0.758. The van der Waals surface area contributed by atoms with Crippen molar-refractivity contribution in [2.24, 2.45) is 0 Å². The summed E-state index contributed by atoms with van der Waals surface area (Å²) >= 11 is 0. The number of carbonyl (C=O) groups is 1. The van der Waals surface area contributed by atoms with Gasteiger partial charge in [-0.25, -0.2) is 4.98 Å². The number of nitrogens with zero attached hydrogens (tertiary/aromatic N) is 4. The summed E-state index contributed by atoms with van der Waals surface area (Å²) in [6.07, 6.45) is -0.535. The molecule has 1 atom stereocenters. The second kappa shape index (κ2) is 7.51. The molecule has 0 spiro atoms. The molecule has 0 N–H and O–H groups in total. The first-order valence-electron chi connectivity index (χ1n) is 8.62. The van der Waals surface area contributed by atoms with E-state index in [9.17, 15) is 13.2 Å². The normalized spacial score (nSPS) is 18.8. The zero-order chi connectivity index (χ0) is 19.8. The number of hydrogen-bond donors (Lipinski definition) is 0. The molecule has 3 rings (SSSR count). The van der Waals surface area contributed by atoms with Crippen LogP contribution >= 0.6 is 0 Å². The molecule has 1 saturated heterocycles. The van der Waals surface area contributed by atoms with Crippen LogP contribution in [0.5, 0.6) is 0 Å². The molecule has 8 nitrogen and oxygen atoms in total. The molecule has 0 saturated carbocycles. The number of carbonyl (C=O) groups excluding carboxylic acids is 1. The van der Waals surface area contributed by atoms with Crippen molar-refractivity contribution in [1.82, 2.24) is 18.5 Å². The molecule has 0 aliphatic carbocycles. The molecule has 1 aliphatic heterocycles. The first kappa shape index (κ1) is 19.7. The first-order chi connectivity index (χ1) is 12.7. The molecule has 0 bridgehead atoms. The summed E-state index contributed by atoms with van der Waals surface area (Å²) in [5.74, 6) is -0.136. The van der Waals surface area contributed by atoms with E-state index in [1.165, 1.54) is 27.6 Å². The fourth-order valence-corrected chi connectivity index (χ4v) is 4.11. The molecule has 2 aromatic rings. The molecule has 146 valence electrons. The number of benzene rings is 1. The average Bonchev–Trinajstić information content (AvgIpc) is 2.66. The van der Waals surface area contributed by atoms with Crippen LogP contribution in [0.3, 0.4) is 0 Å². The minimum absolute atomic E-state index is 0.136. The third-order valence-electron chi connectivity index (χ3n) is 4.52. The van der Waals surface area contributed by atoms with E-state index in [1.54, 1.807) is 20.2 Å². The molecule has 1 amide bonds. The largest absolute Gasteiger partial charge is 0.369 e. The van der Waals surface area contributed by atoms with E-state index in [0.29, 0.717) is 16.8 Å². The molecule has 1 aliphatic rings. The van der Waals surface area contributed by atoms with Crippen LogP contribution in [0.25, 0.3) is 10.9 Å². The lowest BCUT2D eigenvalue weighted by molar-refractivity contribution is -0.00609. The SMILES string of the molecule is CN(C)C(=O)c1cc([C@H]2CN(S(=O)(=O)N(C)C)CCO2)nc2ccccc12. The number of aromatic nitrogens is 1. The molecule has 9 heteroatoms. The van der Waals surface area contributed by atoms with Crippen molar-refractivity contribution in [2.75, 3.05) is 47.9 Å². The van der Waals surface area contributed by atoms with Crippen molar-refractivity contribution >= 4 is 27.0 Å². The van der Waals surface area contributed by atoms with E-state index in [2.05, 4.69) is 4.98 Å². The Bertz CT molecular complexity index is 959. The van der Waals surface area contributed by atoms with Gasteiger partial charge in [-0.1, -0.05) is 18.2 Å². The van der Waals surface area contributed by atoms with Crippen molar-refractivity contribution in [2.45, 2.75) is 6.10 Å². The Morgan fingerprint density at radius 1 is 1.22 bits per heavy atom. The topological polar surface area (TPSA) is 83.1 Å². The van der Waals surface area contributed by atoms with Crippen LogP contribution in [0.2, 0.25) is 0 Å². The number of hydrogen-bond acceptors (Lipinski definition) is 5. The fourth-order valence-electron chi connectivity index (χ4n) is 3.02. The van der Waals surface area contributed by atoms with E-state index in [0.717, 1.165) is 5.39 Å². The van der Waals surface area contributed by atoms with Crippen LogP contribution in [-0.2, 0) is 14.9 Å². The molecular weight excluding hydrogens is 368 g/mol. The molecule has 0 unspecified atom stereocenters. The lowest BCUT2D eigenvalue weighted by Crippen LogP contribution is -2.47. The van der Waals surface area contributed by atoms with Crippen molar-refractivity contribution in [3.05, 3.63) is 41.6 Å². The number of para-hydroxylation sites is 1. The third kappa shape index (κ3) is 3.81. The Kier molecular flexibility index (Phi) is 5.48. The van der Waals surface area contributed by atoms with Gasteiger partial charge in [0.2, 0.25) is 0 Å². The van der Waals surface area contributed by atoms with Gasteiger partial charge in [0, 0.05) is 46.7 Å². The summed E-state index contributed by atoms with van der Waals surface area (Å²) in [4.78, 5) is 18.8. The van der Waals surface area contributed by atoms with Crippen LogP contribution in [0.15, 0.2) is 30.3 Å². The second-order valence-electron chi connectivity index (χ2n) is 6.82. The monoisotopic (exact) mass is 392 g/mol. The summed E-state index contributed by atoms with van der Waals surface area (Å²) in [7, 11) is 2.85. The number of amides is 1. The first-order valence-corrected chi connectivity index (χ1v) is 10.0. The summed E-state index contributed by atoms with van der Waals surface area (Å²) in [6.45, 7) is 0.707. The van der Waals surface area contributed by atoms with Gasteiger partial charge in [0.05, 0.1) is 23.4 Å².